The Balaban J connectivity index is 0.000000731. The van der Waals surface area contributed by atoms with Gasteiger partial charge in [0.2, 0.25) is 0 Å². The number of aliphatic hydroxyl groups is 1. The van der Waals surface area contributed by atoms with E-state index in [0.717, 1.165) is 82.3 Å². The SMILES string of the molecule is CC(C)CCOC[C@H](N)C(=O)O.CCCOC[C@H](N)C(=O)O.N[C@@H](CCc1ccc(Cl)cc1)C(=O)O.N[C@@H](CCc1cccc(Cl)c1)C(=O)O.N[C@@H](CCc1ccccc1)C(=O)O.N[C@@H](COCCO)C(=O)O.N[C@@H](Cc1ccc2ccccc2c1)C(=O)O.N[C@@H](Cc1cccc2ccccc12)C(=O)O.N[C@@H](Cc1cccs1)C(=O)O.N[C@@H](Cc1nc2ccccc2s1)C(=O)O. The van der Waals surface area contributed by atoms with E-state index in [1.54, 1.807) is 18.2 Å². The van der Waals surface area contributed by atoms with Crippen LogP contribution in [0.1, 0.15) is 90.6 Å². The number of carboxylic acid groups (broad SMARTS) is 10. The minimum Gasteiger partial charge on any atom is -0.480 e. The predicted molar refractivity (Wildman–Crippen MR) is 506 cm³/mol. The number of aliphatic carboxylic acids is 10. The molecule has 0 aliphatic heterocycles. The van der Waals surface area contributed by atoms with Gasteiger partial charge < -0.3 is 128 Å². The molecular formula is C92H123Cl2N11O24S2. The molecule has 31 N–H and O–H groups in total. The number of thiophene rings is 1. The minimum absolute atomic E-state index is 0.0596. The summed E-state index contributed by atoms with van der Waals surface area (Å²) in [5, 5.41) is 102. The second kappa shape index (κ2) is 67.7. The van der Waals surface area contributed by atoms with Crippen molar-refractivity contribution in [1.29, 1.82) is 0 Å². The summed E-state index contributed by atoms with van der Waals surface area (Å²) < 4.78 is 15.7. The van der Waals surface area contributed by atoms with E-state index in [9.17, 15) is 47.9 Å². The van der Waals surface area contributed by atoms with E-state index in [1.807, 2.05) is 194 Å². The van der Waals surface area contributed by atoms with Crippen molar-refractivity contribution in [1.82, 2.24) is 4.98 Å². The Morgan fingerprint density at radius 2 is 0.771 bits per heavy atom. The maximum Gasteiger partial charge on any atom is 0.322 e. The van der Waals surface area contributed by atoms with Gasteiger partial charge in [-0.05, 0) is 167 Å². The lowest BCUT2D eigenvalue weighted by Gasteiger charge is -2.09. The van der Waals surface area contributed by atoms with Gasteiger partial charge in [0, 0.05) is 41.0 Å². The van der Waals surface area contributed by atoms with Crippen LogP contribution in [-0.2, 0) is 107 Å². The molecule has 39 heteroatoms. The van der Waals surface area contributed by atoms with E-state index in [2.05, 4.69) is 23.6 Å². The summed E-state index contributed by atoms with van der Waals surface area (Å²) in [5.41, 5.74) is 59.3. The first-order valence-corrected chi connectivity index (χ1v) is 43.5. The van der Waals surface area contributed by atoms with Crippen molar-refractivity contribution in [3.8, 4) is 0 Å². The lowest BCUT2D eigenvalue weighted by molar-refractivity contribution is -0.141. The first kappa shape index (κ1) is 118. The van der Waals surface area contributed by atoms with Gasteiger partial charge in [-0.1, -0.05) is 202 Å². The highest BCUT2D eigenvalue weighted by atomic mass is 35.5. The standard InChI is InChI=1S/2C13H13NO2.2C10H12ClNO2.C10H10N2O2S.C10H13NO2.C8H17NO3.C7H9NO2S.C6H13NO3.C5H11NO4/c14-12(13(15)16)8-10-6-3-5-9-4-1-2-7-11(9)10;14-12(13(15)16)8-9-5-6-10-3-1-2-4-11(10)7-9;11-8-4-1-7(2-5-8)3-6-9(12)10(13)14;11-8-3-1-2-7(6-8)4-5-9(12)10(13)14;11-6(10(13)14)5-9-12-7-3-1-2-4-8(7)15-9;11-9(10(12)13)7-6-8-4-2-1-3-5-8;1-6(2)3-4-12-5-7(9)8(10)11;8-6(7(9)10)4-5-2-1-3-11-5;1-2-3-10-4-5(7)6(8)9;6-4(5(8)9)3-10-2-1-7/h2*1-7,12H,8,14H2,(H,15,16);1-2,4-5,9H,3,6,12H2,(H,13,14);1-3,6,9H,4-5,12H2,(H,13,14);1-4,6H,5,11H2,(H,13,14);1-5,9H,6-7,11H2,(H,12,13);6-7H,3-5,9H2,1-2H3,(H,10,11);1-3,6H,4,8H2,(H,9,10);5H,2-4,7H2,1H3,(H,8,9);4,7H,1-3,6H2,(H,8,9)/t2*12-;2*9-;6-;9-;7-;6-;5-;4-/m0000000000/s1. The van der Waals surface area contributed by atoms with Crippen LogP contribution in [0.3, 0.4) is 0 Å². The lowest BCUT2D eigenvalue weighted by atomic mass is 9.99. The fourth-order valence-corrected chi connectivity index (χ4v) is 12.3. The fraction of sp³-hybridized carbons (Fsp3) is 0.359. The Hall–Kier alpha value is -11.4. The molecule has 0 saturated carbocycles. The molecule has 0 radical (unpaired) electrons. The van der Waals surface area contributed by atoms with E-state index in [0.29, 0.717) is 87.0 Å². The molecule has 0 saturated heterocycles. The van der Waals surface area contributed by atoms with Gasteiger partial charge >= 0.3 is 59.7 Å². The Morgan fingerprint density at radius 3 is 1.25 bits per heavy atom. The summed E-state index contributed by atoms with van der Waals surface area (Å²) >= 11 is 14.5. The zero-order valence-corrected chi connectivity index (χ0v) is 76.1. The Bertz CT molecular complexity index is 4920. The van der Waals surface area contributed by atoms with Crippen LogP contribution in [0.2, 0.25) is 10.0 Å². The highest BCUT2D eigenvalue weighted by molar-refractivity contribution is 7.18. The largest absolute Gasteiger partial charge is 0.480 e. The molecule has 0 fully saturated rings. The van der Waals surface area contributed by atoms with E-state index in [1.165, 1.54) is 22.7 Å². The van der Waals surface area contributed by atoms with Crippen LogP contribution in [0.4, 0.5) is 0 Å². The zero-order chi connectivity index (χ0) is 98.5. The average Bonchev–Trinajstić information content (AvgIpc) is 1.82. The molecule has 2 heterocycles. The van der Waals surface area contributed by atoms with Gasteiger partial charge in [0.1, 0.15) is 60.4 Å². The number of benzene rings is 8. The molecule has 2 aromatic heterocycles. The highest BCUT2D eigenvalue weighted by Gasteiger charge is 2.20. The minimum atomic E-state index is -1.10. The Morgan fingerprint density at radius 1 is 0.359 bits per heavy atom. The van der Waals surface area contributed by atoms with Crippen molar-refractivity contribution in [2.24, 2.45) is 63.3 Å². The monoisotopic (exact) mass is 1900 g/mol. The van der Waals surface area contributed by atoms with Crippen molar-refractivity contribution >= 4 is 137 Å². The van der Waals surface area contributed by atoms with Gasteiger partial charge in [-0.3, -0.25) is 47.9 Å². The summed E-state index contributed by atoms with van der Waals surface area (Å²) in [4.78, 5) is 109. The third kappa shape index (κ3) is 54.8. The predicted octanol–water partition coefficient (Wildman–Crippen LogP) is 8.63. The van der Waals surface area contributed by atoms with E-state index >= 15 is 0 Å². The van der Waals surface area contributed by atoms with Gasteiger partial charge in [-0.25, -0.2) is 4.98 Å². The fourth-order valence-electron chi connectivity index (χ4n) is 10.2. The summed E-state index contributed by atoms with van der Waals surface area (Å²) in [6, 6.07) is 55.0. The van der Waals surface area contributed by atoms with Gasteiger partial charge in [0.25, 0.3) is 0 Å². The number of nitrogens with two attached hydrogens (primary N) is 10. The summed E-state index contributed by atoms with van der Waals surface area (Å²) in [6.45, 7) is 7.42. The summed E-state index contributed by atoms with van der Waals surface area (Å²) in [6.07, 6.45) is 6.61. The van der Waals surface area contributed by atoms with Gasteiger partial charge in [0.15, 0.2) is 0 Å². The Kier molecular flexibility index (Phi) is 60.8. The highest BCUT2D eigenvalue weighted by Crippen LogP contribution is 2.24. The number of hydrogen-bond acceptors (Lipinski definition) is 27. The molecule has 131 heavy (non-hydrogen) atoms. The van der Waals surface area contributed by atoms with Crippen LogP contribution in [0.15, 0.2) is 206 Å². The molecule has 10 atom stereocenters. The van der Waals surface area contributed by atoms with Crippen LogP contribution in [0.5, 0.6) is 0 Å². The van der Waals surface area contributed by atoms with Crippen molar-refractivity contribution < 1.29 is 118 Å². The molecule has 0 unspecified atom stereocenters. The second-order valence-electron chi connectivity index (χ2n) is 29.2. The van der Waals surface area contributed by atoms with Crippen molar-refractivity contribution in [3.05, 3.63) is 253 Å². The number of fused-ring (bicyclic) bond motifs is 3. The molecule has 716 valence electrons. The van der Waals surface area contributed by atoms with Gasteiger partial charge in [-0.15, -0.1) is 22.7 Å². The maximum absolute atomic E-state index is 10.7. The quantitative estimate of drug-likeness (QED) is 0.0160. The molecule has 0 amide bonds. The van der Waals surface area contributed by atoms with E-state index < -0.39 is 120 Å². The van der Waals surface area contributed by atoms with Crippen molar-refractivity contribution in [2.75, 3.05) is 46.2 Å². The van der Waals surface area contributed by atoms with Gasteiger partial charge in [-0.2, -0.15) is 0 Å². The average molecular weight is 1900 g/mol. The molecule has 8 aromatic carbocycles. The van der Waals surface area contributed by atoms with E-state index in [-0.39, 0.29) is 39.5 Å². The molecule has 0 spiro atoms. The third-order valence-corrected chi connectivity index (χ3v) is 20.1. The number of rotatable bonds is 40. The third-order valence-electron chi connectivity index (χ3n) is 17.7. The number of aryl methyl sites for hydroxylation is 3. The molecular weight excluding hydrogens is 1780 g/mol. The van der Waals surface area contributed by atoms with Crippen molar-refractivity contribution in [2.45, 2.75) is 158 Å². The number of nitrogens with zero attached hydrogens (tertiary/aromatic N) is 1. The number of para-hydroxylation sites is 1. The number of hydrogen-bond donors (Lipinski definition) is 21. The molecule has 0 bridgehead atoms. The summed E-state index contributed by atoms with van der Waals surface area (Å²) in [7, 11) is 0. The molecule has 0 aliphatic rings. The van der Waals surface area contributed by atoms with Crippen molar-refractivity contribution in [3.63, 3.8) is 0 Å². The van der Waals surface area contributed by atoms with Crippen LogP contribution >= 0.6 is 45.9 Å². The maximum atomic E-state index is 10.7. The number of aliphatic hydroxyl groups excluding tert-OH is 1. The normalized spacial score (nSPS) is 12.7. The number of carbonyl (C=O) groups is 10. The molecule has 35 nitrogen and oxygen atoms in total. The number of aromatic nitrogens is 1. The molecule has 10 aromatic rings. The summed E-state index contributed by atoms with van der Waals surface area (Å²) in [5.74, 6) is -9.28. The number of carboxylic acids is 10. The topological polar surface area (TPSA) is 694 Å². The lowest BCUT2D eigenvalue weighted by Crippen LogP contribution is -2.35. The number of halogens is 2. The number of ether oxygens (including phenoxy) is 3. The van der Waals surface area contributed by atoms with Crippen LogP contribution in [0.25, 0.3) is 31.8 Å². The smallest absolute Gasteiger partial charge is 0.322 e. The van der Waals surface area contributed by atoms with Crippen LogP contribution < -0.4 is 57.3 Å². The zero-order valence-electron chi connectivity index (χ0n) is 72.9. The second-order valence-corrected chi connectivity index (χ2v) is 32.2. The molecule has 10 rings (SSSR count). The van der Waals surface area contributed by atoms with Gasteiger partial charge in [0.05, 0.1) is 48.3 Å². The van der Waals surface area contributed by atoms with E-state index in [4.69, 9.17) is 146 Å². The first-order valence-electron chi connectivity index (χ1n) is 41.0. The molecule has 0 aliphatic carbocycles. The first-order chi connectivity index (χ1) is 62.0. The van der Waals surface area contributed by atoms with Crippen LogP contribution in [0, 0.1) is 5.92 Å². The number of thiazole rings is 1. The van der Waals surface area contributed by atoms with Crippen LogP contribution in [-0.4, -0.2) is 228 Å². The Labute approximate surface area is 777 Å².